The molecular formula is C32H40N2O9. The van der Waals surface area contributed by atoms with Gasteiger partial charge in [-0.3, -0.25) is 10.1 Å². The number of hydrogen-bond donors (Lipinski definition) is 3. The molecule has 5 aliphatic heterocycles. The molecule has 1 spiro atoms. The Balaban J connectivity index is 1.26. The number of carbonyl (C=O) groups is 1. The zero-order valence-corrected chi connectivity index (χ0v) is 25.3. The van der Waals surface area contributed by atoms with Crippen LogP contribution in [0.1, 0.15) is 65.8 Å². The van der Waals surface area contributed by atoms with E-state index in [2.05, 4.69) is 12.2 Å². The van der Waals surface area contributed by atoms with Crippen LogP contribution in [0.25, 0.3) is 10.8 Å². The summed E-state index contributed by atoms with van der Waals surface area (Å²) in [6, 6.07) is 1.84. The molecule has 7 unspecified atom stereocenters. The van der Waals surface area contributed by atoms with Gasteiger partial charge in [-0.2, -0.15) is 0 Å². The average Bonchev–Trinajstić information content (AvgIpc) is 3.64. The number of aromatic hydroxyl groups is 1. The van der Waals surface area contributed by atoms with Crippen LogP contribution >= 0.6 is 0 Å². The number of phenolic OH excluding ortho intramolecular Hbond substituents is 1. The lowest BCUT2D eigenvalue weighted by Gasteiger charge is -2.51. The van der Waals surface area contributed by atoms with Crippen LogP contribution in [0.2, 0.25) is 0 Å². The van der Waals surface area contributed by atoms with Gasteiger partial charge >= 0.3 is 0 Å². The minimum absolute atomic E-state index is 0.0675. The number of benzene rings is 2. The van der Waals surface area contributed by atoms with E-state index in [9.17, 15) is 9.90 Å². The summed E-state index contributed by atoms with van der Waals surface area (Å²) in [7, 11) is 4.92. The Kier molecular flexibility index (Phi) is 6.03. The monoisotopic (exact) mass is 596 g/mol. The summed E-state index contributed by atoms with van der Waals surface area (Å²) in [6.45, 7) is 5.12. The maximum atomic E-state index is 13.1. The molecule has 0 saturated carbocycles. The van der Waals surface area contributed by atoms with Crippen molar-refractivity contribution in [1.29, 1.82) is 0 Å². The van der Waals surface area contributed by atoms with Gasteiger partial charge in [0.25, 0.3) is 5.79 Å². The molecule has 232 valence electrons. The quantitative estimate of drug-likeness (QED) is 0.423. The Morgan fingerprint density at radius 2 is 2.02 bits per heavy atom. The van der Waals surface area contributed by atoms with E-state index in [0.29, 0.717) is 73.1 Å². The van der Waals surface area contributed by atoms with E-state index >= 15 is 0 Å². The van der Waals surface area contributed by atoms with Crippen molar-refractivity contribution in [2.45, 2.75) is 93.5 Å². The lowest BCUT2D eigenvalue weighted by molar-refractivity contribution is -0.280. The summed E-state index contributed by atoms with van der Waals surface area (Å²) in [5, 5.41) is 16.4. The number of fused-ring (bicyclic) bond motifs is 8. The first-order chi connectivity index (χ1) is 20.7. The van der Waals surface area contributed by atoms with E-state index in [1.54, 1.807) is 21.3 Å². The van der Waals surface area contributed by atoms with Gasteiger partial charge in [0.2, 0.25) is 0 Å². The fraction of sp³-hybridized carbons (Fsp3) is 0.656. The van der Waals surface area contributed by atoms with Crippen molar-refractivity contribution in [2.75, 3.05) is 34.5 Å². The lowest BCUT2D eigenvalue weighted by Crippen LogP contribution is -2.70. The van der Waals surface area contributed by atoms with Crippen molar-refractivity contribution in [1.82, 2.24) is 5.32 Å². The van der Waals surface area contributed by atoms with Gasteiger partial charge in [-0.15, -0.1) is 0 Å². The maximum absolute atomic E-state index is 13.1. The van der Waals surface area contributed by atoms with E-state index in [1.165, 1.54) is 0 Å². The van der Waals surface area contributed by atoms with E-state index in [-0.39, 0.29) is 35.7 Å². The molecule has 4 saturated heterocycles. The number of methoxy groups -OCH3 is 3. The normalized spacial score (nSPS) is 39.5. The van der Waals surface area contributed by atoms with Crippen LogP contribution in [0.15, 0.2) is 6.07 Å². The number of ether oxygens (including phenoxy) is 7. The highest BCUT2D eigenvalue weighted by atomic mass is 16.8. The molecular weight excluding hydrogens is 556 g/mol. The van der Waals surface area contributed by atoms with E-state index in [1.807, 2.05) is 13.0 Å². The molecule has 1 aliphatic carbocycles. The van der Waals surface area contributed by atoms with Crippen molar-refractivity contribution in [2.24, 2.45) is 11.7 Å². The van der Waals surface area contributed by atoms with Gasteiger partial charge in [0.15, 0.2) is 23.2 Å². The van der Waals surface area contributed by atoms with Gasteiger partial charge < -0.3 is 44.0 Å². The summed E-state index contributed by atoms with van der Waals surface area (Å²) < 4.78 is 44.9. The van der Waals surface area contributed by atoms with Gasteiger partial charge in [0, 0.05) is 56.0 Å². The zero-order valence-electron chi connectivity index (χ0n) is 25.3. The molecule has 0 aromatic heterocycles. The van der Waals surface area contributed by atoms with Gasteiger partial charge in [-0.05, 0) is 37.8 Å². The number of carbonyl (C=O) groups excluding carboxylic acids is 1. The first-order valence-electron chi connectivity index (χ1n) is 15.3. The Morgan fingerprint density at radius 1 is 1.23 bits per heavy atom. The molecule has 2 bridgehead atoms. The number of nitrogens with one attached hydrogen (secondary N) is 1. The van der Waals surface area contributed by atoms with Gasteiger partial charge in [-0.1, -0.05) is 6.92 Å². The van der Waals surface area contributed by atoms with Crippen LogP contribution in [0, 0.1) is 12.8 Å². The van der Waals surface area contributed by atoms with Crippen LogP contribution < -0.4 is 20.5 Å². The van der Waals surface area contributed by atoms with E-state index in [0.717, 1.165) is 16.7 Å². The molecule has 5 heterocycles. The topological polar surface area (TPSA) is 150 Å². The second kappa shape index (κ2) is 9.26. The second-order valence-corrected chi connectivity index (χ2v) is 13.1. The molecule has 8 rings (SSSR count). The molecule has 11 nitrogen and oxygen atoms in total. The lowest BCUT2D eigenvalue weighted by atomic mass is 9.74. The van der Waals surface area contributed by atoms with Crippen LogP contribution in [-0.2, 0) is 30.1 Å². The summed E-state index contributed by atoms with van der Waals surface area (Å²) in [5.41, 5.74) is 8.18. The third-order valence-corrected chi connectivity index (χ3v) is 11.0. The first-order valence-corrected chi connectivity index (χ1v) is 15.3. The van der Waals surface area contributed by atoms with Crippen LogP contribution in [0.4, 0.5) is 0 Å². The summed E-state index contributed by atoms with van der Waals surface area (Å²) in [6.07, 6.45) is 1.89. The summed E-state index contributed by atoms with van der Waals surface area (Å²) >= 11 is 0. The molecule has 2 aromatic carbocycles. The van der Waals surface area contributed by atoms with Gasteiger partial charge in [-0.25, -0.2) is 0 Å². The highest BCUT2D eigenvalue weighted by molar-refractivity contribution is 6.11. The molecule has 11 heteroatoms. The molecule has 0 radical (unpaired) electrons. The molecule has 4 N–H and O–H groups in total. The maximum Gasteiger partial charge on any atom is 0.264 e. The van der Waals surface area contributed by atoms with Crippen molar-refractivity contribution in [3.8, 4) is 17.2 Å². The number of rotatable bonds is 6. The predicted octanol–water partition coefficient (Wildman–Crippen LogP) is 2.78. The smallest absolute Gasteiger partial charge is 0.264 e. The highest BCUT2D eigenvalue weighted by Gasteiger charge is 2.90. The standard InChI is InChI=1S/C32H40N2O9/c1-14-9-18-24(25(36)23-17(26(18)38-4)7-6-8-20(23)35)27-22(14)28-29-32(39-5,41-27)30(13-34-30)31(42-28,43-29)15(2)10-16-11-21(37-3)19(33)12-40-16/h9,15-16,19,21,28-29,34,36H,6-8,10-13,33H2,1-5H3/t15?,16?,19?,21?,28?,29?,30-,31?,32-/m1/s1. The van der Waals surface area contributed by atoms with E-state index in [4.69, 9.17) is 38.9 Å². The fourth-order valence-corrected chi connectivity index (χ4v) is 8.95. The Bertz CT molecular complexity index is 1540. The second-order valence-electron chi connectivity index (χ2n) is 13.1. The summed E-state index contributed by atoms with van der Waals surface area (Å²) in [4.78, 5) is 13.1. The molecule has 0 amide bonds. The number of aryl methyl sites for hydroxylation is 1. The van der Waals surface area contributed by atoms with Gasteiger partial charge in [0.05, 0.1) is 42.9 Å². The van der Waals surface area contributed by atoms with Crippen molar-refractivity contribution < 1.29 is 43.1 Å². The minimum atomic E-state index is -1.23. The van der Waals surface area contributed by atoms with Crippen molar-refractivity contribution in [3.63, 3.8) is 0 Å². The summed E-state index contributed by atoms with van der Waals surface area (Å²) in [5.74, 6) is -1.51. The number of hydrogen-bond acceptors (Lipinski definition) is 11. The third-order valence-electron chi connectivity index (χ3n) is 11.0. The Morgan fingerprint density at radius 3 is 2.72 bits per heavy atom. The SMILES string of the molecule is COc1c2c(c(O)c3c4c(c(C)cc13)C1OC3(C(C)CC5CC(OC)C(N)CO5)OC1[C@@](OC)(O4)[C@@]31CN1)C(=O)CCC2. The van der Waals surface area contributed by atoms with Crippen LogP contribution in [-0.4, -0.2) is 86.8 Å². The van der Waals surface area contributed by atoms with Gasteiger partial charge in [0.1, 0.15) is 23.4 Å². The Labute approximate surface area is 250 Å². The number of Topliss-reactive ketones (excluding diaryl/α,β-unsaturated/α-hetero) is 1. The number of ketones is 1. The molecule has 43 heavy (non-hydrogen) atoms. The first kappa shape index (κ1) is 28.0. The number of nitrogens with two attached hydrogens (primary N) is 1. The molecule has 6 aliphatic rings. The minimum Gasteiger partial charge on any atom is -0.506 e. The third kappa shape index (κ3) is 3.31. The van der Waals surface area contributed by atoms with Crippen molar-refractivity contribution in [3.05, 3.63) is 28.3 Å². The molecule has 2 aromatic rings. The van der Waals surface area contributed by atoms with E-state index < -0.39 is 29.3 Å². The Hall–Kier alpha value is -2.51. The zero-order chi connectivity index (χ0) is 30.1. The average molecular weight is 597 g/mol. The highest BCUT2D eigenvalue weighted by Crippen LogP contribution is 2.70. The number of phenols is 1. The fourth-order valence-electron chi connectivity index (χ4n) is 8.95. The van der Waals surface area contributed by atoms with Crippen molar-refractivity contribution >= 4 is 16.6 Å². The molecule has 9 atom stereocenters. The van der Waals surface area contributed by atoms with Crippen LogP contribution in [0.5, 0.6) is 17.2 Å². The predicted molar refractivity (Wildman–Crippen MR) is 154 cm³/mol. The largest absolute Gasteiger partial charge is 0.506 e. The van der Waals surface area contributed by atoms with Crippen LogP contribution in [0.3, 0.4) is 0 Å². The molecule has 4 fully saturated rings.